The van der Waals surface area contributed by atoms with E-state index in [1.165, 1.54) is 6.92 Å². The lowest BCUT2D eigenvalue weighted by atomic mass is 9.93. The number of aliphatic hydroxyl groups excluding tert-OH is 15. The van der Waals surface area contributed by atoms with Gasteiger partial charge in [-0.25, -0.2) is 0 Å². The molecule has 0 saturated carbocycles. The minimum atomic E-state index is -2.08. The molecule has 6 saturated heterocycles. The summed E-state index contributed by atoms with van der Waals surface area (Å²) in [6.07, 6.45) is -46.4. The third-order valence-electron chi connectivity index (χ3n) is 12.7. The Balaban J connectivity index is 1.33. The van der Waals surface area contributed by atoms with Gasteiger partial charge in [-0.3, -0.25) is 9.59 Å². The third-order valence-corrected chi connectivity index (χ3v) is 12.7. The largest absolute Gasteiger partial charge is 0.394 e. The number of hydrogen-bond donors (Lipinski definition) is 17. The molecule has 28 atom stereocenters. The van der Waals surface area contributed by atoms with Gasteiger partial charge in [-0.05, 0) is 6.92 Å². The van der Waals surface area contributed by atoms with Crippen LogP contribution in [0.1, 0.15) is 20.8 Å². The Morgan fingerprint density at radius 1 is 0.435 bits per heavy atom. The predicted octanol–water partition coefficient (Wildman–Crippen LogP) is -11.5. The first-order valence-corrected chi connectivity index (χ1v) is 22.2. The molecular formula is C39H66N2O28. The lowest BCUT2D eigenvalue weighted by Gasteiger charge is -2.51. The van der Waals surface area contributed by atoms with Crippen molar-refractivity contribution in [1.29, 1.82) is 0 Å². The molecule has 69 heavy (non-hydrogen) atoms. The van der Waals surface area contributed by atoms with Gasteiger partial charge in [0.15, 0.2) is 31.5 Å². The number of amides is 2. The van der Waals surface area contributed by atoms with Crippen LogP contribution in [0.4, 0.5) is 0 Å². The normalized spacial score (nSPS) is 49.8. The number of nitrogens with one attached hydrogen (secondary N) is 2. The Morgan fingerprint density at radius 3 is 1.54 bits per heavy atom. The molecule has 0 unspecified atom stereocenters. The van der Waals surface area contributed by atoms with Gasteiger partial charge in [-0.2, -0.15) is 0 Å². The van der Waals surface area contributed by atoms with Gasteiger partial charge < -0.3 is 139 Å². The summed E-state index contributed by atoms with van der Waals surface area (Å²) in [6, 6.07) is -2.87. The van der Waals surface area contributed by atoms with Gasteiger partial charge in [0.2, 0.25) is 11.8 Å². The number of carbonyl (C=O) groups excluding carboxylic acids is 2. The summed E-state index contributed by atoms with van der Waals surface area (Å²) in [5, 5.41) is 165. The van der Waals surface area contributed by atoms with E-state index in [0.717, 1.165) is 13.8 Å². The van der Waals surface area contributed by atoms with Crippen LogP contribution in [-0.2, 0) is 61.7 Å². The summed E-state index contributed by atoms with van der Waals surface area (Å²) in [6.45, 7) is -1.09. The van der Waals surface area contributed by atoms with E-state index in [9.17, 15) is 86.2 Å². The van der Waals surface area contributed by atoms with E-state index >= 15 is 0 Å². The molecule has 400 valence electrons. The van der Waals surface area contributed by atoms with Crippen molar-refractivity contribution in [2.45, 2.75) is 192 Å². The van der Waals surface area contributed by atoms with Crippen molar-refractivity contribution in [2.24, 2.45) is 0 Å². The van der Waals surface area contributed by atoms with Crippen LogP contribution in [-0.4, -0.2) is 300 Å². The van der Waals surface area contributed by atoms with Gasteiger partial charge in [0.1, 0.15) is 128 Å². The lowest BCUT2D eigenvalue weighted by molar-refractivity contribution is -0.401. The van der Waals surface area contributed by atoms with Crippen LogP contribution in [0.15, 0.2) is 0 Å². The Kier molecular flexibility index (Phi) is 19.8. The Morgan fingerprint density at radius 2 is 0.928 bits per heavy atom. The molecule has 0 aromatic heterocycles. The molecule has 0 spiro atoms. The average Bonchev–Trinajstić information content (AvgIpc) is 3.31. The summed E-state index contributed by atoms with van der Waals surface area (Å²) < 4.78 is 64.8. The maximum Gasteiger partial charge on any atom is 0.217 e. The van der Waals surface area contributed by atoms with Crippen molar-refractivity contribution in [2.75, 3.05) is 39.6 Å². The first kappa shape index (κ1) is 56.2. The van der Waals surface area contributed by atoms with Crippen molar-refractivity contribution in [1.82, 2.24) is 10.6 Å². The summed E-state index contributed by atoms with van der Waals surface area (Å²) in [7, 11) is 0. The molecule has 0 radical (unpaired) electrons. The second-order valence-electron chi connectivity index (χ2n) is 17.7. The van der Waals surface area contributed by atoms with E-state index < -0.39 is 217 Å². The average molecular weight is 1010 g/mol. The van der Waals surface area contributed by atoms with Crippen LogP contribution in [0.5, 0.6) is 0 Å². The molecule has 6 rings (SSSR count). The van der Waals surface area contributed by atoms with Crippen molar-refractivity contribution in [3.63, 3.8) is 0 Å². The first-order valence-electron chi connectivity index (χ1n) is 22.2. The highest BCUT2D eigenvalue weighted by Crippen LogP contribution is 2.37. The van der Waals surface area contributed by atoms with Gasteiger partial charge >= 0.3 is 0 Å². The summed E-state index contributed by atoms with van der Waals surface area (Å²) in [4.78, 5) is 25.2. The molecule has 0 aromatic carbocycles. The smallest absolute Gasteiger partial charge is 0.217 e. The number of hydrogen-bond acceptors (Lipinski definition) is 28. The molecule has 6 aliphatic rings. The molecule has 2 amide bonds. The molecule has 30 nitrogen and oxygen atoms in total. The van der Waals surface area contributed by atoms with Crippen molar-refractivity contribution >= 4 is 11.8 Å². The zero-order chi connectivity index (χ0) is 50.8. The van der Waals surface area contributed by atoms with Gasteiger partial charge in [0.05, 0.1) is 51.8 Å². The first-order chi connectivity index (χ1) is 32.6. The molecule has 6 fully saturated rings. The predicted molar refractivity (Wildman–Crippen MR) is 214 cm³/mol. The zero-order valence-corrected chi connectivity index (χ0v) is 37.4. The van der Waals surface area contributed by atoms with Gasteiger partial charge in [-0.15, -0.1) is 0 Å². The highest BCUT2D eigenvalue weighted by Gasteiger charge is 2.58. The van der Waals surface area contributed by atoms with Crippen molar-refractivity contribution in [3.05, 3.63) is 0 Å². The summed E-state index contributed by atoms with van der Waals surface area (Å²) in [5.74, 6) is -1.41. The molecule has 6 aliphatic heterocycles. The Labute approximate surface area is 392 Å². The molecule has 0 aliphatic carbocycles. The second-order valence-corrected chi connectivity index (χ2v) is 17.7. The van der Waals surface area contributed by atoms with E-state index in [4.69, 9.17) is 52.1 Å². The maximum absolute atomic E-state index is 12.8. The number of rotatable bonds is 16. The van der Waals surface area contributed by atoms with E-state index in [0.29, 0.717) is 0 Å². The zero-order valence-electron chi connectivity index (χ0n) is 37.4. The van der Waals surface area contributed by atoms with E-state index in [2.05, 4.69) is 10.6 Å². The standard InChI is InChI=1S/C39H66N2O28/c1-10-20(49)25(54)28(57)37(61-10)65-30-13(40-11(2)46)8-59-17(6-44)32(30)67-35-19(41-12(3)47)24(53)31(18(7-45)64-35)66-39-34(69-36-27(56)21(50)14(48)9-60-36)33(23(52)16(5-43)63-39)68-38-29(58)26(55)22(51)15(4-42)62-38/h10,13-39,42-45,48-58H,4-9H2,1-3H3,(H,40,46)(H,41,47)/t10-,13-,14+,15+,16+,17+,18+,19+,20+,21-,22+,23+,24+,25+,26-,27+,28-,29-,30+,31+,32+,33-,34-,35-,36-,37+,38+,39-/m0/s1. The SMILES string of the molecule is CC(=O)N[C@H]1[C@H](O[C@H]2[C@H](O[C@H]3O[C@@H](C)[C@@H](O)[C@@H](O)[C@@H]3O)[C@@H](NC(C)=O)CO[C@@H]2CO)O[C@H](CO)[C@@H](O[C@@H]2O[C@H](CO)[C@@H](O)[C@H](O[C@H]3O[C@H](CO)[C@@H](O)[C@H](O)[C@@H]3O)[C@@H]2O[C@@H]2OC[C@@H](O)[C@H](O)[C@H]2O)[C@@H]1O. The number of ether oxygens (including phenoxy) is 11. The fraction of sp³-hybridized carbons (Fsp3) is 0.949. The molecule has 17 N–H and O–H groups in total. The van der Waals surface area contributed by atoms with E-state index in [1.807, 2.05) is 0 Å². The van der Waals surface area contributed by atoms with Crippen molar-refractivity contribution < 1.29 is 138 Å². The third kappa shape index (κ3) is 12.3. The number of carbonyl (C=O) groups is 2. The molecule has 6 heterocycles. The van der Waals surface area contributed by atoms with Crippen LogP contribution in [0, 0.1) is 0 Å². The van der Waals surface area contributed by atoms with Crippen molar-refractivity contribution in [3.8, 4) is 0 Å². The quantitative estimate of drug-likeness (QED) is 0.0683. The van der Waals surface area contributed by atoms with E-state index in [-0.39, 0.29) is 6.61 Å². The van der Waals surface area contributed by atoms with Crippen LogP contribution in [0.3, 0.4) is 0 Å². The molecule has 0 bridgehead atoms. The second kappa shape index (κ2) is 24.3. The maximum atomic E-state index is 12.8. The lowest BCUT2D eigenvalue weighted by Crippen LogP contribution is -2.70. The van der Waals surface area contributed by atoms with Gasteiger partial charge in [0, 0.05) is 13.8 Å². The Hall–Kier alpha value is -2.10. The van der Waals surface area contributed by atoms with Crippen LogP contribution in [0.25, 0.3) is 0 Å². The van der Waals surface area contributed by atoms with Crippen LogP contribution < -0.4 is 10.6 Å². The highest BCUT2D eigenvalue weighted by molar-refractivity contribution is 5.73. The van der Waals surface area contributed by atoms with Crippen LogP contribution >= 0.6 is 0 Å². The number of aliphatic hydroxyl groups is 15. The highest BCUT2D eigenvalue weighted by atomic mass is 16.8. The van der Waals surface area contributed by atoms with Gasteiger partial charge in [-0.1, -0.05) is 0 Å². The van der Waals surface area contributed by atoms with E-state index in [1.54, 1.807) is 0 Å². The fourth-order valence-corrected chi connectivity index (χ4v) is 8.91. The van der Waals surface area contributed by atoms with Crippen LogP contribution in [0.2, 0.25) is 0 Å². The summed E-state index contributed by atoms with van der Waals surface area (Å²) >= 11 is 0. The minimum absolute atomic E-state index is 0.324. The molecule has 0 aromatic rings. The Bertz CT molecular complexity index is 1640. The minimum Gasteiger partial charge on any atom is -0.394 e. The van der Waals surface area contributed by atoms with Gasteiger partial charge in [0.25, 0.3) is 0 Å². The summed E-state index contributed by atoms with van der Waals surface area (Å²) in [5.41, 5.74) is 0. The fourth-order valence-electron chi connectivity index (χ4n) is 8.91. The monoisotopic (exact) mass is 1010 g/mol. The topological polar surface area (TPSA) is 463 Å². The molecular weight excluding hydrogens is 944 g/mol. The molecule has 30 heteroatoms.